The van der Waals surface area contributed by atoms with Crippen molar-refractivity contribution in [2.75, 3.05) is 27.3 Å². The smallest absolute Gasteiger partial charge is 0.244 e. The molecular formula is C13H20N2O4S. The van der Waals surface area contributed by atoms with Gasteiger partial charge < -0.3 is 14.8 Å². The number of hydrogen-bond donors (Lipinski definition) is 2. The predicted molar refractivity (Wildman–Crippen MR) is 75.5 cm³/mol. The summed E-state index contributed by atoms with van der Waals surface area (Å²) in [7, 11) is -0.614. The maximum Gasteiger partial charge on any atom is 0.244 e. The van der Waals surface area contributed by atoms with Crippen molar-refractivity contribution in [3.8, 4) is 5.75 Å². The molecular weight excluding hydrogens is 280 g/mol. The Hall–Kier alpha value is -1.15. The summed E-state index contributed by atoms with van der Waals surface area (Å²) in [4.78, 5) is 0.154. The van der Waals surface area contributed by atoms with E-state index in [1.807, 2.05) is 13.0 Å². The first-order valence-electron chi connectivity index (χ1n) is 6.38. The first kappa shape index (κ1) is 15.2. The van der Waals surface area contributed by atoms with E-state index >= 15 is 0 Å². The molecule has 1 aromatic carbocycles. The molecule has 2 atom stereocenters. The third-order valence-electron chi connectivity index (χ3n) is 3.38. The van der Waals surface area contributed by atoms with Gasteiger partial charge in [0.15, 0.2) is 0 Å². The van der Waals surface area contributed by atoms with Crippen molar-refractivity contribution in [2.24, 2.45) is 0 Å². The number of benzene rings is 1. The fourth-order valence-corrected chi connectivity index (χ4v) is 3.79. The molecule has 1 aliphatic rings. The van der Waals surface area contributed by atoms with E-state index in [-0.39, 0.29) is 17.0 Å². The van der Waals surface area contributed by atoms with E-state index in [9.17, 15) is 8.42 Å². The Morgan fingerprint density at radius 3 is 2.70 bits per heavy atom. The summed E-state index contributed by atoms with van der Waals surface area (Å²) < 4.78 is 38.1. The lowest BCUT2D eigenvalue weighted by Gasteiger charge is -2.19. The van der Waals surface area contributed by atoms with E-state index in [1.54, 1.807) is 19.2 Å². The van der Waals surface area contributed by atoms with Crippen LogP contribution in [0, 0.1) is 6.92 Å². The number of hydrogen-bond acceptors (Lipinski definition) is 5. The lowest BCUT2D eigenvalue weighted by atomic mass is 10.2. The van der Waals surface area contributed by atoms with Crippen LogP contribution in [-0.4, -0.2) is 47.9 Å². The fraction of sp³-hybridized carbons (Fsp3) is 0.538. The molecule has 0 aromatic heterocycles. The van der Waals surface area contributed by atoms with Crippen molar-refractivity contribution in [1.82, 2.24) is 10.0 Å². The van der Waals surface area contributed by atoms with E-state index in [4.69, 9.17) is 9.47 Å². The van der Waals surface area contributed by atoms with E-state index in [0.717, 1.165) is 5.56 Å². The van der Waals surface area contributed by atoms with E-state index in [1.165, 1.54) is 7.11 Å². The molecule has 1 saturated heterocycles. The Morgan fingerprint density at radius 1 is 1.30 bits per heavy atom. The summed E-state index contributed by atoms with van der Waals surface area (Å²) in [5, 5.41) is 3.10. The van der Waals surface area contributed by atoms with Crippen molar-refractivity contribution in [3.63, 3.8) is 0 Å². The van der Waals surface area contributed by atoms with Gasteiger partial charge >= 0.3 is 0 Å². The van der Waals surface area contributed by atoms with E-state index in [2.05, 4.69) is 10.0 Å². The molecule has 0 radical (unpaired) electrons. The van der Waals surface area contributed by atoms with Gasteiger partial charge in [0.05, 0.1) is 19.3 Å². The monoisotopic (exact) mass is 300 g/mol. The Morgan fingerprint density at radius 2 is 2.05 bits per heavy atom. The third kappa shape index (κ3) is 3.12. The van der Waals surface area contributed by atoms with Gasteiger partial charge in [0.25, 0.3) is 0 Å². The Labute approximate surface area is 119 Å². The van der Waals surface area contributed by atoms with Crippen molar-refractivity contribution in [3.05, 3.63) is 23.8 Å². The molecule has 2 rings (SSSR count). The zero-order valence-corrected chi connectivity index (χ0v) is 12.7. The van der Waals surface area contributed by atoms with Crippen LogP contribution in [0.4, 0.5) is 0 Å². The number of aryl methyl sites for hydroxylation is 1. The van der Waals surface area contributed by atoms with Crippen LogP contribution in [-0.2, 0) is 14.8 Å². The highest BCUT2D eigenvalue weighted by Crippen LogP contribution is 2.25. The van der Waals surface area contributed by atoms with Gasteiger partial charge in [0, 0.05) is 20.2 Å². The summed E-state index contributed by atoms with van der Waals surface area (Å²) in [6, 6.07) is 4.79. The van der Waals surface area contributed by atoms with Gasteiger partial charge in [-0.25, -0.2) is 13.1 Å². The molecule has 7 heteroatoms. The maximum atomic E-state index is 12.5. The lowest BCUT2D eigenvalue weighted by Crippen LogP contribution is -2.43. The molecule has 0 saturated carbocycles. The third-order valence-corrected chi connectivity index (χ3v) is 4.89. The molecule has 20 heavy (non-hydrogen) atoms. The van der Waals surface area contributed by atoms with Crippen LogP contribution >= 0.6 is 0 Å². The largest absolute Gasteiger partial charge is 0.495 e. The minimum absolute atomic E-state index is 0.154. The van der Waals surface area contributed by atoms with Gasteiger partial charge in [0.1, 0.15) is 10.6 Å². The van der Waals surface area contributed by atoms with Crippen LogP contribution < -0.4 is 14.8 Å². The van der Waals surface area contributed by atoms with Gasteiger partial charge in [-0.15, -0.1) is 0 Å². The molecule has 0 aliphatic carbocycles. The zero-order valence-electron chi connectivity index (χ0n) is 11.8. The molecule has 112 valence electrons. The molecule has 0 spiro atoms. The van der Waals surface area contributed by atoms with Gasteiger partial charge in [-0.3, -0.25) is 0 Å². The quantitative estimate of drug-likeness (QED) is 0.816. The van der Waals surface area contributed by atoms with Gasteiger partial charge in [-0.2, -0.15) is 0 Å². The molecule has 6 nitrogen and oxygen atoms in total. The van der Waals surface area contributed by atoms with Crippen LogP contribution in [0.1, 0.15) is 5.56 Å². The molecule has 1 aromatic rings. The highest BCUT2D eigenvalue weighted by molar-refractivity contribution is 7.89. The van der Waals surface area contributed by atoms with Gasteiger partial charge in [-0.05, 0) is 24.6 Å². The van der Waals surface area contributed by atoms with Crippen molar-refractivity contribution < 1.29 is 17.9 Å². The molecule has 0 amide bonds. The van der Waals surface area contributed by atoms with Crippen LogP contribution in [0.3, 0.4) is 0 Å². The average Bonchev–Trinajstić information content (AvgIpc) is 2.85. The summed E-state index contributed by atoms with van der Waals surface area (Å²) in [6.07, 6.45) is -0.166. The minimum atomic E-state index is -3.65. The molecule has 1 unspecified atom stereocenters. The normalized spacial score (nSPS) is 22.9. The van der Waals surface area contributed by atoms with Crippen LogP contribution in [0.2, 0.25) is 0 Å². The number of ether oxygens (including phenoxy) is 2. The average molecular weight is 300 g/mol. The Balaban J connectivity index is 2.28. The predicted octanol–water partition coefficient (Wildman–Crippen LogP) is 0.269. The molecule has 0 bridgehead atoms. The van der Waals surface area contributed by atoms with Crippen LogP contribution in [0.25, 0.3) is 0 Å². The van der Waals surface area contributed by atoms with Crippen molar-refractivity contribution in [1.29, 1.82) is 0 Å². The summed E-state index contributed by atoms with van der Waals surface area (Å²) in [6.45, 7) is 3.02. The molecule has 1 aliphatic heterocycles. The number of sulfonamides is 1. The zero-order chi connectivity index (χ0) is 14.8. The SMILES string of the molecule is COc1ccc(C)cc1S(=O)(=O)NC1CNC[C@@H]1OC. The van der Waals surface area contributed by atoms with Gasteiger partial charge in [-0.1, -0.05) is 6.07 Å². The minimum Gasteiger partial charge on any atom is -0.495 e. The number of nitrogens with one attached hydrogen (secondary N) is 2. The Kier molecular flexibility index (Phi) is 4.64. The highest BCUT2D eigenvalue weighted by atomic mass is 32.2. The van der Waals surface area contributed by atoms with E-state index < -0.39 is 10.0 Å². The first-order valence-corrected chi connectivity index (χ1v) is 7.86. The maximum absolute atomic E-state index is 12.5. The standard InChI is InChI=1S/C13H20N2O4S/c1-9-4-5-11(18-2)13(6-9)20(16,17)15-10-7-14-8-12(10)19-3/h4-6,10,12,14-15H,7-8H2,1-3H3/t10?,12-/m0/s1. The first-order chi connectivity index (χ1) is 9.47. The second-order valence-electron chi connectivity index (χ2n) is 4.81. The van der Waals surface area contributed by atoms with E-state index in [0.29, 0.717) is 18.8 Å². The second kappa shape index (κ2) is 6.09. The molecule has 2 N–H and O–H groups in total. The highest BCUT2D eigenvalue weighted by Gasteiger charge is 2.32. The van der Waals surface area contributed by atoms with Gasteiger partial charge in [0.2, 0.25) is 10.0 Å². The van der Waals surface area contributed by atoms with Crippen molar-refractivity contribution >= 4 is 10.0 Å². The fourth-order valence-electron chi connectivity index (χ4n) is 2.28. The second-order valence-corrected chi connectivity index (χ2v) is 6.50. The molecule has 1 heterocycles. The number of rotatable bonds is 5. The van der Waals surface area contributed by atoms with Crippen molar-refractivity contribution in [2.45, 2.75) is 24.0 Å². The lowest BCUT2D eigenvalue weighted by molar-refractivity contribution is 0.103. The summed E-state index contributed by atoms with van der Waals surface area (Å²) in [5.41, 5.74) is 0.860. The topological polar surface area (TPSA) is 76.7 Å². The molecule has 1 fully saturated rings. The summed E-state index contributed by atoms with van der Waals surface area (Å²) >= 11 is 0. The number of methoxy groups -OCH3 is 2. The summed E-state index contributed by atoms with van der Waals surface area (Å²) in [5.74, 6) is 0.336. The van der Waals surface area contributed by atoms with Crippen LogP contribution in [0.15, 0.2) is 23.1 Å². The Bertz CT molecular complexity index is 574. The van der Waals surface area contributed by atoms with Crippen LogP contribution in [0.5, 0.6) is 5.75 Å².